The molecule has 0 spiro atoms. The van der Waals surface area contributed by atoms with Gasteiger partial charge in [-0.2, -0.15) is 0 Å². The lowest BCUT2D eigenvalue weighted by molar-refractivity contribution is 0.0711. The van der Waals surface area contributed by atoms with E-state index in [1.54, 1.807) is 11.3 Å². The van der Waals surface area contributed by atoms with Crippen molar-refractivity contribution in [2.24, 2.45) is 4.99 Å². The normalized spacial score (nSPS) is 18.2. The molecule has 3 N–H and O–H groups in total. The summed E-state index contributed by atoms with van der Waals surface area (Å²) in [5.74, 6) is 0.753. The van der Waals surface area contributed by atoms with Gasteiger partial charge in [0.1, 0.15) is 5.60 Å². The maximum Gasteiger partial charge on any atom is 0.191 e. The van der Waals surface area contributed by atoms with Gasteiger partial charge < -0.3 is 15.7 Å². The summed E-state index contributed by atoms with van der Waals surface area (Å²) < 4.78 is 0. The predicted molar refractivity (Wildman–Crippen MR) is 118 cm³/mol. The first-order chi connectivity index (χ1) is 13.5. The van der Waals surface area contributed by atoms with Crippen molar-refractivity contribution in [3.8, 4) is 0 Å². The number of thiophene rings is 1. The van der Waals surface area contributed by atoms with Crippen molar-refractivity contribution >= 4 is 17.3 Å². The molecule has 1 aliphatic rings. The van der Waals surface area contributed by atoms with Crippen LogP contribution in [0.4, 0.5) is 0 Å². The first-order valence-electron chi connectivity index (χ1n) is 10.1. The van der Waals surface area contributed by atoms with Crippen LogP contribution in [0.25, 0.3) is 0 Å². The molecule has 3 rings (SSSR count). The number of hydrogen-bond acceptors (Lipinski definition) is 4. The molecule has 152 valence electrons. The van der Waals surface area contributed by atoms with Gasteiger partial charge in [0.15, 0.2) is 5.96 Å². The number of aliphatic hydroxyl groups is 1. The monoisotopic (exact) mass is 400 g/mol. The summed E-state index contributed by atoms with van der Waals surface area (Å²) in [6, 6.07) is 13.0. The van der Waals surface area contributed by atoms with E-state index in [2.05, 4.69) is 58.6 Å². The summed E-state index contributed by atoms with van der Waals surface area (Å²) in [6.07, 6.45) is 1.11. The van der Waals surface area contributed by atoms with Crippen LogP contribution in [0.5, 0.6) is 0 Å². The minimum atomic E-state index is -0.946. The molecule has 2 atom stereocenters. The largest absolute Gasteiger partial charge is 0.383 e. The maximum absolute atomic E-state index is 10.7. The van der Waals surface area contributed by atoms with Gasteiger partial charge in [0.05, 0.1) is 6.54 Å². The van der Waals surface area contributed by atoms with Crippen LogP contribution in [0.3, 0.4) is 0 Å². The summed E-state index contributed by atoms with van der Waals surface area (Å²) >= 11 is 1.56. The molecule has 0 saturated heterocycles. The van der Waals surface area contributed by atoms with Crippen molar-refractivity contribution in [2.45, 2.75) is 45.4 Å². The maximum atomic E-state index is 10.7. The summed E-state index contributed by atoms with van der Waals surface area (Å²) in [7, 11) is 0. The van der Waals surface area contributed by atoms with Crippen LogP contribution in [0, 0.1) is 0 Å². The topological polar surface area (TPSA) is 59.9 Å². The summed E-state index contributed by atoms with van der Waals surface area (Å²) in [4.78, 5) is 8.08. The molecule has 2 heterocycles. The highest BCUT2D eigenvalue weighted by atomic mass is 32.1. The number of rotatable bonds is 7. The zero-order valence-electron chi connectivity index (χ0n) is 17.1. The molecule has 2 aromatic rings. The second-order valence-electron chi connectivity index (χ2n) is 7.67. The lowest BCUT2D eigenvalue weighted by Crippen LogP contribution is -2.47. The smallest absolute Gasteiger partial charge is 0.191 e. The average molecular weight is 401 g/mol. The van der Waals surface area contributed by atoms with E-state index >= 15 is 0 Å². The zero-order valence-corrected chi connectivity index (χ0v) is 17.9. The highest BCUT2D eigenvalue weighted by Crippen LogP contribution is 2.25. The summed E-state index contributed by atoms with van der Waals surface area (Å²) in [5, 5.41) is 19.4. The lowest BCUT2D eigenvalue weighted by atomic mass is 9.99. The first-order valence-corrected chi connectivity index (χ1v) is 11.0. The van der Waals surface area contributed by atoms with Gasteiger partial charge >= 0.3 is 0 Å². The van der Waals surface area contributed by atoms with Crippen LogP contribution in [-0.2, 0) is 18.6 Å². The molecule has 5 nitrogen and oxygen atoms in total. The number of aliphatic imine (C=N–C) groups is 1. The highest BCUT2D eigenvalue weighted by Gasteiger charge is 2.24. The number of guanidine groups is 1. The van der Waals surface area contributed by atoms with Crippen LogP contribution < -0.4 is 10.6 Å². The fourth-order valence-electron chi connectivity index (χ4n) is 3.50. The van der Waals surface area contributed by atoms with Gasteiger partial charge in [0.25, 0.3) is 0 Å². The molecule has 2 unspecified atom stereocenters. The van der Waals surface area contributed by atoms with Crippen molar-refractivity contribution in [3.63, 3.8) is 0 Å². The Hall–Kier alpha value is -1.89. The second-order valence-corrected chi connectivity index (χ2v) is 8.61. The number of fused-ring (bicyclic) bond motifs is 1. The van der Waals surface area contributed by atoms with Crippen molar-refractivity contribution in [1.29, 1.82) is 0 Å². The average Bonchev–Trinajstić information content (AvgIpc) is 3.25. The molecule has 0 radical (unpaired) electrons. The Morgan fingerprint density at radius 2 is 2.04 bits per heavy atom. The van der Waals surface area contributed by atoms with Crippen molar-refractivity contribution in [1.82, 2.24) is 15.5 Å². The van der Waals surface area contributed by atoms with Gasteiger partial charge in [-0.3, -0.25) is 4.90 Å². The van der Waals surface area contributed by atoms with Crippen LogP contribution in [0.2, 0.25) is 0 Å². The Labute approximate surface area is 172 Å². The van der Waals surface area contributed by atoms with Crippen molar-refractivity contribution < 1.29 is 5.11 Å². The molecule has 1 aromatic heterocycles. The van der Waals surface area contributed by atoms with Crippen molar-refractivity contribution in [2.75, 3.05) is 26.2 Å². The summed E-state index contributed by atoms with van der Waals surface area (Å²) in [6.45, 7) is 10.1. The van der Waals surface area contributed by atoms with Crippen LogP contribution >= 0.6 is 11.3 Å². The Balaban J connectivity index is 1.56. The molecule has 1 aromatic carbocycles. The molecule has 0 saturated carbocycles. The van der Waals surface area contributed by atoms with Gasteiger partial charge in [-0.1, -0.05) is 30.3 Å². The quantitative estimate of drug-likeness (QED) is 0.494. The third kappa shape index (κ3) is 5.34. The van der Waals surface area contributed by atoms with E-state index in [1.165, 1.54) is 11.1 Å². The van der Waals surface area contributed by atoms with E-state index in [-0.39, 0.29) is 0 Å². The second kappa shape index (κ2) is 9.54. The van der Waals surface area contributed by atoms with Gasteiger partial charge in [0.2, 0.25) is 0 Å². The van der Waals surface area contributed by atoms with E-state index in [0.717, 1.165) is 43.4 Å². The number of hydrogen-bond donors (Lipinski definition) is 3. The molecule has 0 amide bonds. The zero-order chi connectivity index (χ0) is 20.0. The molecule has 0 fully saturated rings. The van der Waals surface area contributed by atoms with E-state index in [0.29, 0.717) is 12.6 Å². The third-order valence-electron chi connectivity index (χ3n) is 5.29. The minimum absolute atomic E-state index is 0.328. The molecule has 28 heavy (non-hydrogen) atoms. The van der Waals surface area contributed by atoms with Gasteiger partial charge in [-0.15, -0.1) is 11.3 Å². The van der Waals surface area contributed by atoms with Gasteiger partial charge in [0, 0.05) is 37.1 Å². The Bertz CT molecular complexity index is 773. The molecular weight excluding hydrogens is 368 g/mol. The van der Waals surface area contributed by atoms with Crippen molar-refractivity contribution in [3.05, 3.63) is 57.8 Å². The highest BCUT2D eigenvalue weighted by molar-refractivity contribution is 7.10. The van der Waals surface area contributed by atoms with Crippen LogP contribution in [-0.4, -0.2) is 48.2 Å². The van der Waals surface area contributed by atoms with Crippen LogP contribution in [0.1, 0.15) is 36.8 Å². The number of nitrogens with zero attached hydrogens (tertiary/aromatic N) is 2. The first kappa shape index (κ1) is 20.8. The molecular formula is C22H32N4OS. The predicted octanol–water partition coefficient (Wildman–Crippen LogP) is 2.96. The van der Waals surface area contributed by atoms with Crippen LogP contribution in [0.15, 0.2) is 46.8 Å². The molecule has 1 aliphatic heterocycles. The van der Waals surface area contributed by atoms with Gasteiger partial charge in [-0.05, 0) is 49.8 Å². The standard InChI is InChI=1S/C22H32N4OS/c1-4-23-21(25-16-22(3,27)20-10-7-13-28-20)24-14-17(2)26-12-11-18-8-5-6-9-19(18)15-26/h5-10,13,17,27H,4,11-12,14-16H2,1-3H3,(H2,23,24,25). The van der Waals surface area contributed by atoms with E-state index in [4.69, 9.17) is 0 Å². The Morgan fingerprint density at radius 3 is 2.75 bits per heavy atom. The minimum Gasteiger partial charge on any atom is -0.383 e. The number of benzene rings is 1. The fourth-order valence-corrected chi connectivity index (χ4v) is 4.28. The Morgan fingerprint density at radius 1 is 1.25 bits per heavy atom. The summed E-state index contributed by atoms with van der Waals surface area (Å²) in [5.41, 5.74) is 1.97. The SMILES string of the molecule is CCNC(=NCC(C)(O)c1cccs1)NCC(C)N1CCc2ccccc2C1. The Kier molecular flexibility index (Phi) is 7.10. The number of nitrogens with one attached hydrogen (secondary N) is 2. The fraction of sp³-hybridized carbons (Fsp3) is 0.500. The molecule has 0 aliphatic carbocycles. The molecule has 0 bridgehead atoms. The van der Waals surface area contributed by atoms with E-state index in [9.17, 15) is 5.11 Å². The van der Waals surface area contributed by atoms with E-state index in [1.807, 2.05) is 24.4 Å². The third-order valence-corrected chi connectivity index (χ3v) is 6.41. The van der Waals surface area contributed by atoms with Gasteiger partial charge in [-0.25, -0.2) is 4.99 Å². The lowest BCUT2D eigenvalue weighted by Gasteiger charge is -2.34. The van der Waals surface area contributed by atoms with E-state index < -0.39 is 5.60 Å². The molecule has 6 heteroatoms.